The summed E-state index contributed by atoms with van der Waals surface area (Å²) in [6, 6.07) is 7.21. The SMILES string of the molecule is O=c1[nH]c(C(=S)NCC2CCCO2)nc2ccccc12. The Hall–Kier alpha value is -1.79. The topological polar surface area (TPSA) is 67.0 Å². The van der Waals surface area contributed by atoms with E-state index in [2.05, 4.69) is 15.3 Å². The number of ether oxygens (including phenoxy) is 1. The Morgan fingerprint density at radius 2 is 2.35 bits per heavy atom. The van der Waals surface area contributed by atoms with Gasteiger partial charge < -0.3 is 15.0 Å². The van der Waals surface area contributed by atoms with Gasteiger partial charge in [-0.1, -0.05) is 24.4 Å². The predicted octanol–water partition coefficient (Wildman–Crippen LogP) is 1.37. The average Bonchev–Trinajstić information content (AvgIpc) is 2.98. The second kappa shape index (κ2) is 5.68. The van der Waals surface area contributed by atoms with E-state index >= 15 is 0 Å². The van der Waals surface area contributed by atoms with Gasteiger partial charge in [-0.15, -0.1) is 0 Å². The molecule has 0 aliphatic carbocycles. The number of hydrogen-bond donors (Lipinski definition) is 2. The number of para-hydroxylation sites is 1. The molecule has 20 heavy (non-hydrogen) atoms. The number of rotatable bonds is 3. The number of fused-ring (bicyclic) bond motifs is 1. The number of hydrogen-bond acceptors (Lipinski definition) is 4. The molecule has 0 bridgehead atoms. The molecule has 1 unspecified atom stereocenters. The molecule has 1 saturated heterocycles. The minimum Gasteiger partial charge on any atom is -0.376 e. The van der Waals surface area contributed by atoms with Gasteiger partial charge in [0.1, 0.15) is 4.99 Å². The van der Waals surface area contributed by atoms with Crippen LogP contribution in [-0.2, 0) is 4.74 Å². The van der Waals surface area contributed by atoms with Crippen molar-refractivity contribution in [2.24, 2.45) is 0 Å². The Kier molecular flexibility index (Phi) is 3.75. The molecule has 2 heterocycles. The lowest BCUT2D eigenvalue weighted by Crippen LogP contribution is -2.33. The van der Waals surface area contributed by atoms with Crippen molar-refractivity contribution in [1.82, 2.24) is 15.3 Å². The van der Waals surface area contributed by atoms with Crippen molar-refractivity contribution in [2.45, 2.75) is 18.9 Å². The summed E-state index contributed by atoms with van der Waals surface area (Å²) in [5.41, 5.74) is 0.472. The first-order valence-electron chi connectivity index (χ1n) is 6.63. The highest BCUT2D eigenvalue weighted by atomic mass is 32.1. The highest BCUT2D eigenvalue weighted by Gasteiger charge is 2.16. The molecule has 3 rings (SSSR count). The third kappa shape index (κ3) is 2.71. The number of thiocarbonyl (C=S) groups is 1. The highest BCUT2D eigenvalue weighted by molar-refractivity contribution is 7.80. The number of H-pyrrole nitrogens is 1. The number of benzene rings is 1. The molecule has 1 aliphatic rings. The van der Waals surface area contributed by atoms with Gasteiger partial charge in [0.2, 0.25) is 0 Å². The fourth-order valence-electron chi connectivity index (χ4n) is 2.29. The van der Waals surface area contributed by atoms with Crippen LogP contribution < -0.4 is 10.9 Å². The summed E-state index contributed by atoms with van der Waals surface area (Å²) in [4.78, 5) is 19.5. The summed E-state index contributed by atoms with van der Waals surface area (Å²) in [5, 5.41) is 3.67. The maximum Gasteiger partial charge on any atom is 0.259 e. The van der Waals surface area contributed by atoms with Gasteiger partial charge in [0.05, 0.1) is 17.0 Å². The first-order chi connectivity index (χ1) is 9.74. The summed E-state index contributed by atoms with van der Waals surface area (Å²) in [6.45, 7) is 1.46. The van der Waals surface area contributed by atoms with E-state index in [0.29, 0.717) is 28.3 Å². The molecule has 0 radical (unpaired) electrons. The molecule has 1 aromatic heterocycles. The van der Waals surface area contributed by atoms with E-state index in [4.69, 9.17) is 17.0 Å². The molecule has 2 aromatic rings. The van der Waals surface area contributed by atoms with Crippen LogP contribution >= 0.6 is 12.2 Å². The van der Waals surface area contributed by atoms with E-state index in [0.717, 1.165) is 19.4 Å². The van der Waals surface area contributed by atoms with Gasteiger partial charge in [-0.25, -0.2) is 4.98 Å². The van der Waals surface area contributed by atoms with Gasteiger partial charge in [0.15, 0.2) is 5.82 Å². The summed E-state index contributed by atoms with van der Waals surface area (Å²) in [5.74, 6) is 0.404. The van der Waals surface area contributed by atoms with Crippen LogP contribution in [0.2, 0.25) is 0 Å². The Balaban J connectivity index is 1.79. The molecule has 1 fully saturated rings. The van der Waals surface area contributed by atoms with Crippen LogP contribution in [0.5, 0.6) is 0 Å². The molecule has 1 atom stereocenters. The molecule has 0 saturated carbocycles. The van der Waals surface area contributed by atoms with Crippen molar-refractivity contribution < 1.29 is 4.74 Å². The van der Waals surface area contributed by atoms with Gasteiger partial charge in [-0.05, 0) is 25.0 Å². The zero-order valence-corrected chi connectivity index (χ0v) is 11.7. The van der Waals surface area contributed by atoms with Crippen LogP contribution in [-0.4, -0.2) is 34.2 Å². The summed E-state index contributed by atoms with van der Waals surface area (Å²) in [6.07, 6.45) is 2.32. The molecule has 5 nitrogen and oxygen atoms in total. The van der Waals surface area contributed by atoms with Gasteiger partial charge in [-0.2, -0.15) is 0 Å². The minimum absolute atomic E-state index is 0.174. The van der Waals surface area contributed by atoms with Crippen LogP contribution in [0.1, 0.15) is 18.7 Å². The quantitative estimate of drug-likeness (QED) is 0.835. The normalized spacial score (nSPS) is 18.3. The monoisotopic (exact) mass is 289 g/mol. The molecule has 6 heteroatoms. The predicted molar refractivity (Wildman–Crippen MR) is 81.0 cm³/mol. The van der Waals surface area contributed by atoms with E-state index in [1.54, 1.807) is 12.1 Å². The highest BCUT2D eigenvalue weighted by Crippen LogP contribution is 2.11. The zero-order chi connectivity index (χ0) is 13.9. The lowest BCUT2D eigenvalue weighted by atomic mass is 10.2. The average molecular weight is 289 g/mol. The largest absolute Gasteiger partial charge is 0.376 e. The van der Waals surface area contributed by atoms with Crippen molar-refractivity contribution in [2.75, 3.05) is 13.2 Å². The third-order valence-corrected chi connectivity index (χ3v) is 3.68. The molecule has 0 spiro atoms. The minimum atomic E-state index is -0.174. The summed E-state index contributed by atoms with van der Waals surface area (Å²) < 4.78 is 5.52. The molecular formula is C14H15N3O2S. The molecular weight excluding hydrogens is 274 g/mol. The number of nitrogens with zero attached hydrogens (tertiary/aromatic N) is 1. The van der Waals surface area contributed by atoms with Crippen LogP contribution in [0.15, 0.2) is 29.1 Å². The van der Waals surface area contributed by atoms with E-state index < -0.39 is 0 Å². The molecule has 104 valence electrons. The summed E-state index contributed by atoms with van der Waals surface area (Å²) in [7, 11) is 0. The lowest BCUT2D eigenvalue weighted by Gasteiger charge is -2.12. The Labute approximate surface area is 121 Å². The van der Waals surface area contributed by atoms with Crippen LogP contribution in [0.4, 0.5) is 0 Å². The molecule has 1 aromatic carbocycles. The van der Waals surface area contributed by atoms with E-state index in [9.17, 15) is 4.79 Å². The molecule has 0 amide bonds. The van der Waals surface area contributed by atoms with E-state index in [1.165, 1.54) is 0 Å². The van der Waals surface area contributed by atoms with E-state index in [-0.39, 0.29) is 11.7 Å². The van der Waals surface area contributed by atoms with Crippen molar-refractivity contribution in [1.29, 1.82) is 0 Å². The summed E-state index contributed by atoms with van der Waals surface area (Å²) >= 11 is 5.28. The first-order valence-corrected chi connectivity index (χ1v) is 7.04. The van der Waals surface area contributed by atoms with Crippen molar-refractivity contribution in [3.8, 4) is 0 Å². The van der Waals surface area contributed by atoms with Crippen LogP contribution in [0.3, 0.4) is 0 Å². The van der Waals surface area contributed by atoms with Gasteiger partial charge in [0, 0.05) is 13.2 Å². The fraction of sp³-hybridized carbons (Fsp3) is 0.357. The maximum atomic E-state index is 12.0. The van der Waals surface area contributed by atoms with Crippen LogP contribution in [0, 0.1) is 0 Å². The number of aromatic amines is 1. The Bertz CT molecular complexity index is 692. The second-order valence-electron chi connectivity index (χ2n) is 4.78. The molecule has 1 aliphatic heterocycles. The van der Waals surface area contributed by atoms with Crippen molar-refractivity contribution in [3.05, 3.63) is 40.4 Å². The van der Waals surface area contributed by atoms with E-state index in [1.807, 2.05) is 12.1 Å². The standard InChI is InChI=1S/C14H15N3O2S/c18-13-10-5-1-2-6-11(10)16-12(17-13)14(20)15-8-9-4-3-7-19-9/h1-2,5-6,9H,3-4,7-8H2,(H,15,20)(H,16,17,18). The van der Waals surface area contributed by atoms with Gasteiger partial charge in [-0.3, -0.25) is 4.79 Å². The smallest absolute Gasteiger partial charge is 0.259 e. The second-order valence-corrected chi connectivity index (χ2v) is 5.18. The Morgan fingerprint density at radius 1 is 1.50 bits per heavy atom. The first kappa shape index (κ1) is 13.2. The van der Waals surface area contributed by atoms with Crippen molar-refractivity contribution in [3.63, 3.8) is 0 Å². The van der Waals surface area contributed by atoms with Crippen molar-refractivity contribution >= 4 is 28.1 Å². The fourth-order valence-corrected chi connectivity index (χ4v) is 2.47. The number of aromatic nitrogens is 2. The van der Waals surface area contributed by atoms with Gasteiger partial charge >= 0.3 is 0 Å². The lowest BCUT2D eigenvalue weighted by molar-refractivity contribution is 0.114. The number of nitrogens with one attached hydrogen (secondary N) is 2. The van der Waals surface area contributed by atoms with Crippen LogP contribution in [0.25, 0.3) is 10.9 Å². The maximum absolute atomic E-state index is 12.0. The molecule has 2 N–H and O–H groups in total. The third-order valence-electron chi connectivity index (χ3n) is 3.34. The van der Waals surface area contributed by atoms with Gasteiger partial charge in [0.25, 0.3) is 5.56 Å². The zero-order valence-electron chi connectivity index (χ0n) is 10.9. The Morgan fingerprint density at radius 3 is 3.15 bits per heavy atom.